The Balaban J connectivity index is 3.55. The largest absolute Gasteiger partial charge is 0.480 e. The van der Waals surface area contributed by atoms with Crippen LogP contribution in [0.1, 0.15) is 33.1 Å². The number of amides is 1. The second-order valence-corrected chi connectivity index (χ2v) is 3.27. The summed E-state index contributed by atoms with van der Waals surface area (Å²) in [6, 6.07) is 0. The first-order valence-electron chi connectivity index (χ1n) is 4.54. The SMILES string of the molecule is CCCC(C)CC(=O)NCC(=O)O. The van der Waals surface area contributed by atoms with Gasteiger partial charge in [-0.1, -0.05) is 26.7 Å². The zero-order valence-corrected chi connectivity index (χ0v) is 8.17. The summed E-state index contributed by atoms with van der Waals surface area (Å²) in [5, 5.41) is 10.6. The lowest BCUT2D eigenvalue weighted by Crippen LogP contribution is -2.30. The third-order valence-electron chi connectivity index (χ3n) is 1.75. The minimum absolute atomic E-state index is 0.177. The van der Waals surface area contributed by atoms with Crippen LogP contribution in [0.15, 0.2) is 0 Å². The summed E-state index contributed by atoms with van der Waals surface area (Å²) in [5.74, 6) is -0.848. The van der Waals surface area contributed by atoms with Gasteiger partial charge in [0.25, 0.3) is 0 Å². The Morgan fingerprint density at radius 3 is 2.54 bits per heavy atom. The van der Waals surface area contributed by atoms with Gasteiger partial charge in [0.1, 0.15) is 6.54 Å². The molecule has 0 saturated heterocycles. The van der Waals surface area contributed by atoms with Gasteiger partial charge in [0.05, 0.1) is 0 Å². The molecule has 1 unspecified atom stereocenters. The van der Waals surface area contributed by atoms with Crippen LogP contribution in [-0.4, -0.2) is 23.5 Å². The monoisotopic (exact) mass is 187 g/mol. The van der Waals surface area contributed by atoms with E-state index >= 15 is 0 Å². The average molecular weight is 187 g/mol. The second kappa shape index (κ2) is 6.46. The molecule has 4 heteroatoms. The molecule has 0 radical (unpaired) electrons. The van der Waals surface area contributed by atoms with E-state index in [1.165, 1.54) is 0 Å². The molecule has 0 aliphatic heterocycles. The predicted octanol–water partition coefficient (Wildman–Crippen LogP) is 1.01. The van der Waals surface area contributed by atoms with Crippen LogP contribution in [0.2, 0.25) is 0 Å². The van der Waals surface area contributed by atoms with Gasteiger partial charge in [0, 0.05) is 6.42 Å². The van der Waals surface area contributed by atoms with E-state index in [-0.39, 0.29) is 12.5 Å². The molecule has 2 N–H and O–H groups in total. The second-order valence-electron chi connectivity index (χ2n) is 3.27. The van der Waals surface area contributed by atoms with Crippen LogP contribution in [0.4, 0.5) is 0 Å². The van der Waals surface area contributed by atoms with Crippen LogP contribution in [0, 0.1) is 5.92 Å². The van der Waals surface area contributed by atoms with Crippen molar-refractivity contribution < 1.29 is 14.7 Å². The average Bonchev–Trinajstić information content (AvgIpc) is 2.01. The molecule has 76 valence electrons. The van der Waals surface area contributed by atoms with Gasteiger partial charge in [-0.3, -0.25) is 9.59 Å². The maximum absolute atomic E-state index is 11.1. The van der Waals surface area contributed by atoms with Crippen molar-refractivity contribution in [1.29, 1.82) is 0 Å². The highest BCUT2D eigenvalue weighted by atomic mass is 16.4. The molecule has 0 bridgehead atoms. The van der Waals surface area contributed by atoms with E-state index in [1.807, 2.05) is 6.92 Å². The quantitative estimate of drug-likeness (QED) is 0.652. The number of rotatable bonds is 6. The molecule has 0 fully saturated rings. The highest BCUT2D eigenvalue weighted by molar-refractivity contribution is 5.81. The molecular formula is C9H17NO3. The lowest BCUT2D eigenvalue weighted by atomic mass is 10.0. The molecule has 0 aromatic rings. The number of hydrogen-bond acceptors (Lipinski definition) is 2. The number of carbonyl (C=O) groups is 2. The Bertz CT molecular complexity index is 180. The summed E-state index contributed by atoms with van der Waals surface area (Å²) in [4.78, 5) is 21.2. The van der Waals surface area contributed by atoms with Gasteiger partial charge in [0.2, 0.25) is 5.91 Å². The molecule has 13 heavy (non-hydrogen) atoms. The standard InChI is InChI=1S/C9H17NO3/c1-3-4-7(2)5-8(11)10-6-9(12)13/h7H,3-6H2,1-2H3,(H,10,11)(H,12,13). The summed E-state index contributed by atoms with van der Waals surface area (Å²) in [6.45, 7) is 3.77. The molecule has 0 aliphatic carbocycles. The first-order valence-corrected chi connectivity index (χ1v) is 4.54. The summed E-state index contributed by atoms with van der Waals surface area (Å²) in [7, 11) is 0. The van der Waals surface area contributed by atoms with Crippen LogP contribution in [0.3, 0.4) is 0 Å². The third kappa shape index (κ3) is 7.31. The molecule has 0 saturated carbocycles. The molecule has 0 aromatic carbocycles. The maximum atomic E-state index is 11.1. The van der Waals surface area contributed by atoms with Crippen molar-refractivity contribution in [2.24, 2.45) is 5.92 Å². The summed E-state index contributed by atoms with van der Waals surface area (Å²) in [5.41, 5.74) is 0. The molecule has 1 atom stereocenters. The fourth-order valence-corrected chi connectivity index (χ4v) is 1.16. The molecule has 0 heterocycles. The fourth-order valence-electron chi connectivity index (χ4n) is 1.16. The van der Waals surface area contributed by atoms with Gasteiger partial charge in [-0.05, 0) is 5.92 Å². The van der Waals surface area contributed by atoms with Crippen LogP contribution >= 0.6 is 0 Å². The molecule has 1 amide bonds. The fraction of sp³-hybridized carbons (Fsp3) is 0.778. The smallest absolute Gasteiger partial charge is 0.322 e. The lowest BCUT2D eigenvalue weighted by molar-refractivity contribution is -0.138. The first-order chi connectivity index (χ1) is 6.06. The third-order valence-corrected chi connectivity index (χ3v) is 1.75. The van der Waals surface area contributed by atoms with Gasteiger partial charge >= 0.3 is 5.97 Å². The normalized spacial score (nSPS) is 12.2. The molecule has 0 aliphatic rings. The van der Waals surface area contributed by atoms with Gasteiger partial charge in [-0.25, -0.2) is 0 Å². The van der Waals surface area contributed by atoms with Crippen LogP contribution in [-0.2, 0) is 9.59 Å². The van der Waals surface area contributed by atoms with Gasteiger partial charge in [0.15, 0.2) is 0 Å². The van der Waals surface area contributed by atoms with Crippen LogP contribution in [0.25, 0.3) is 0 Å². The van der Waals surface area contributed by atoms with E-state index in [2.05, 4.69) is 12.2 Å². The zero-order chi connectivity index (χ0) is 10.3. The zero-order valence-electron chi connectivity index (χ0n) is 8.17. The van der Waals surface area contributed by atoms with E-state index in [0.29, 0.717) is 12.3 Å². The van der Waals surface area contributed by atoms with Crippen molar-refractivity contribution in [2.75, 3.05) is 6.54 Å². The molecule has 4 nitrogen and oxygen atoms in total. The van der Waals surface area contributed by atoms with E-state index < -0.39 is 5.97 Å². The number of hydrogen-bond donors (Lipinski definition) is 2. The van der Waals surface area contributed by atoms with Crippen molar-refractivity contribution >= 4 is 11.9 Å². The van der Waals surface area contributed by atoms with Gasteiger partial charge < -0.3 is 10.4 Å². The molecule has 0 aromatic heterocycles. The molecule has 0 rings (SSSR count). The van der Waals surface area contributed by atoms with Crippen molar-refractivity contribution in [2.45, 2.75) is 33.1 Å². The van der Waals surface area contributed by atoms with E-state index in [1.54, 1.807) is 0 Å². The maximum Gasteiger partial charge on any atom is 0.322 e. The minimum atomic E-state index is -1.00. The highest BCUT2D eigenvalue weighted by Crippen LogP contribution is 2.08. The summed E-state index contributed by atoms with van der Waals surface area (Å²) in [6.07, 6.45) is 2.47. The number of nitrogens with one attached hydrogen (secondary N) is 1. The topological polar surface area (TPSA) is 66.4 Å². The molecule has 0 spiro atoms. The van der Waals surface area contributed by atoms with Crippen LogP contribution in [0.5, 0.6) is 0 Å². The van der Waals surface area contributed by atoms with E-state index in [0.717, 1.165) is 12.8 Å². The van der Waals surface area contributed by atoms with E-state index in [4.69, 9.17) is 5.11 Å². The number of carbonyl (C=O) groups excluding carboxylic acids is 1. The Morgan fingerprint density at radius 2 is 2.08 bits per heavy atom. The van der Waals surface area contributed by atoms with Crippen molar-refractivity contribution in [3.63, 3.8) is 0 Å². The lowest BCUT2D eigenvalue weighted by Gasteiger charge is -2.08. The Hall–Kier alpha value is -1.06. The van der Waals surface area contributed by atoms with Crippen molar-refractivity contribution in [1.82, 2.24) is 5.32 Å². The van der Waals surface area contributed by atoms with Crippen molar-refractivity contribution in [3.8, 4) is 0 Å². The predicted molar refractivity (Wildman–Crippen MR) is 49.3 cm³/mol. The summed E-state index contributed by atoms with van der Waals surface area (Å²) < 4.78 is 0. The number of aliphatic carboxylic acids is 1. The van der Waals surface area contributed by atoms with Crippen LogP contribution < -0.4 is 5.32 Å². The van der Waals surface area contributed by atoms with Gasteiger partial charge in [-0.15, -0.1) is 0 Å². The first kappa shape index (κ1) is 11.9. The van der Waals surface area contributed by atoms with E-state index in [9.17, 15) is 9.59 Å². The number of carboxylic acids is 1. The summed E-state index contributed by atoms with van der Waals surface area (Å²) >= 11 is 0. The highest BCUT2D eigenvalue weighted by Gasteiger charge is 2.08. The Labute approximate surface area is 78.3 Å². The van der Waals surface area contributed by atoms with Gasteiger partial charge in [-0.2, -0.15) is 0 Å². The number of carboxylic acid groups (broad SMARTS) is 1. The van der Waals surface area contributed by atoms with Crippen molar-refractivity contribution in [3.05, 3.63) is 0 Å². The Kier molecular flexibility index (Phi) is 5.93. The molecular weight excluding hydrogens is 170 g/mol. The minimum Gasteiger partial charge on any atom is -0.480 e. The Morgan fingerprint density at radius 1 is 1.46 bits per heavy atom.